The minimum atomic E-state index is -1.42. The van der Waals surface area contributed by atoms with Gasteiger partial charge in [-0.3, -0.25) is 14.4 Å². The number of nitriles is 2. The second-order valence-corrected chi connectivity index (χ2v) is 6.50. The molecule has 0 spiro atoms. The van der Waals surface area contributed by atoms with Gasteiger partial charge in [-0.15, -0.1) is 0 Å². The van der Waals surface area contributed by atoms with Crippen LogP contribution in [0.2, 0.25) is 0 Å². The Hall–Kier alpha value is -2.21. The molecule has 0 aromatic carbocycles. The third kappa shape index (κ3) is 1.48. The number of nitrogens with zero attached hydrogens (tertiary/aromatic N) is 3. The van der Waals surface area contributed by atoms with Gasteiger partial charge in [-0.25, -0.2) is 0 Å². The number of Topliss-reactive ketones (excluding diaryl/α,β-unsaturated/α-hetero) is 2. The Morgan fingerprint density at radius 2 is 1.62 bits per heavy atom. The maximum absolute atomic E-state index is 12.9. The van der Waals surface area contributed by atoms with Gasteiger partial charge in [0.2, 0.25) is 17.5 Å². The minimum absolute atomic E-state index is 0.261. The average Bonchev–Trinajstić information content (AvgIpc) is 2.70. The summed E-state index contributed by atoms with van der Waals surface area (Å²) in [5.41, 5.74) is -3.08. The van der Waals surface area contributed by atoms with E-state index in [9.17, 15) is 14.4 Å². The molecule has 110 valence electrons. The number of hydrogen-bond donors (Lipinski definition) is 0. The molecule has 2 saturated carbocycles. The van der Waals surface area contributed by atoms with Gasteiger partial charge in [-0.05, 0) is 18.3 Å². The van der Waals surface area contributed by atoms with E-state index in [1.165, 1.54) is 0 Å². The van der Waals surface area contributed by atoms with Crippen LogP contribution in [-0.4, -0.2) is 35.5 Å². The average molecular weight is 287 g/mol. The lowest BCUT2D eigenvalue weighted by Gasteiger charge is -2.39. The maximum atomic E-state index is 12.9. The normalized spacial score (nSPS) is 32.6. The van der Waals surface area contributed by atoms with Crippen LogP contribution in [0, 0.1) is 38.9 Å². The quantitative estimate of drug-likeness (QED) is 0.434. The molecule has 2 bridgehead atoms. The van der Waals surface area contributed by atoms with E-state index in [4.69, 9.17) is 10.5 Å². The minimum Gasteiger partial charge on any atom is -0.315 e. The third-order valence-electron chi connectivity index (χ3n) is 5.72. The van der Waals surface area contributed by atoms with Crippen LogP contribution in [0.1, 0.15) is 33.6 Å². The van der Waals surface area contributed by atoms with E-state index in [-0.39, 0.29) is 13.1 Å². The molecule has 0 aliphatic heterocycles. The van der Waals surface area contributed by atoms with E-state index in [0.717, 1.165) is 4.90 Å². The molecule has 2 rings (SSSR count). The molecule has 0 unspecified atom stereocenters. The first kappa shape index (κ1) is 15.2. The van der Waals surface area contributed by atoms with Gasteiger partial charge in [0.05, 0.1) is 12.1 Å². The van der Waals surface area contributed by atoms with Crippen molar-refractivity contribution in [3.63, 3.8) is 0 Å². The first-order chi connectivity index (χ1) is 9.70. The van der Waals surface area contributed by atoms with Crippen molar-refractivity contribution in [1.82, 2.24) is 4.90 Å². The Morgan fingerprint density at radius 1 is 1.10 bits per heavy atom. The molecule has 2 fully saturated rings. The predicted octanol–water partition coefficient (Wildman–Crippen LogP) is 0.827. The highest BCUT2D eigenvalue weighted by Crippen LogP contribution is 2.69. The van der Waals surface area contributed by atoms with Crippen LogP contribution in [0.15, 0.2) is 0 Å². The summed E-state index contributed by atoms with van der Waals surface area (Å²) >= 11 is 0. The third-order valence-corrected chi connectivity index (χ3v) is 5.72. The first-order valence-corrected chi connectivity index (χ1v) is 6.83. The second kappa shape index (κ2) is 4.39. The van der Waals surface area contributed by atoms with Crippen molar-refractivity contribution in [1.29, 1.82) is 10.5 Å². The summed E-state index contributed by atoms with van der Waals surface area (Å²) in [6.45, 7) is 4.73. The molecule has 2 atom stereocenters. The Bertz CT molecular complexity index is 609. The van der Waals surface area contributed by atoms with Crippen LogP contribution in [0.4, 0.5) is 0 Å². The summed E-state index contributed by atoms with van der Waals surface area (Å²) in [7, 11) is 0. The van der Waals surface area contributed by atoms with Crippen molar-refractivity contribution >= 4 is 17.5 Å². The van der Waals surface area contributed by atoms with Gasteiger partial charge < -0.3 is 4.90 Å². The lowest BCUT2D eigenvalue weighted by Crippen LogP contribution is -2.52. The number of carbonyl (C=O) groups is 3. The molecule has 0 N–H and O–H groups in total. The number of hydrogen-bond acceptors (Lipinski definition) is 5. The van der Waals surface area contributed by atoms with Crippen LogP contribution in [-0.2, 0) is 14.4 Å². The lowest BCUT2D eigenvalue weighted by molar-refractivity contribution is -0.154. The molecule has 0 heterocycles. The highest BCUT2D eigenvalue weighted by Gasteiger charge is 2.78. The molecule has 6 nitrogen and oxygen atoms in total. The highest BCUT2D eigenvalue weighted by molar-refractivity contribution is 6.48. The Morgan fingerprint density at radius 3 is 2.00 bits per heavy atom. The number of carbonyl (C=O) groups excluding carboxylic acids is 3. The topological polar surface area (TPSA) is 102 Å². The summed E-state index contributed by atoms with van der Waals surface area (Å²) in [5.74, 6) is -1.72. The fourth-order valence-electron chi connectivity index (χ4n) is 3.88. The fourth-order valence-corrected chi connectivity index (χ4v) is 3.88. The monoisotopic (exact) mass is 287 g/mol. The Kier molecular flexibility index (Phi) is 3.18. The standard InChI is InChI=1S/C15H17N3O3/c1-13(2)14(3)4-5-15(13,11(20)10(14)19)12(21)18(8-6-16)9-7-17/h4-5,8-9H2,1-3H3/t14-,15+/m1/s1. The molecular weight excluding hydrogens is 270 g/mol. The van der Waals surface area contributed by atoms with Crippen molar-refractivity contribution in [3.8, 4) is 12.1 Å². The van der Waals surface area contributed by atoms with Crippen LogP contribution in [0.25, 0.3) is 0 Å². The van der Waals surface area contributed by atoms with Crippen molar-refractivity contribution < 1.29 is 14.4 Å². The number of rotatable bonds is 3. The molecule has 2 aliphatic carbocycles. The zero-order chi connectivity index (χ0) is 16.1. The zero-order valence-corrected chi connectivity index (χ0v) is 12.4. The molecule has 0 aromatic rings. The van der Waals surface area contributed by atoms with Crippen LogP contribution < -0.4 is 0 Å². The number of ketones is 2. The predicted molar refractivity (Wildman–Crippen MR) is 71.4 cm³/mol. The SMILES string of the molecule is CC1(C)[C@@]2(C(=O)N(CC#N)CC#N)CC[C@]1(C)C(=O)C2=O. The lowest BCUT2D eigenvalue weighted by atomic mass is 9.64. The fraction of sp³-hybridized carbons (Fsp3) is 0.667. The molecule has 21 heavy (non-hydrogen) atoms. The van der Waals surface area contributed by atoms with E-state index in [1.807, 2.05) is 12.1 Å². The van der Waals surface area contributed by atoms with Crippen molar-refractivity contribution in [2.24, 2.45) is 16.2 Å². The van der Waals surface area contributed by atoms with Gasteiger partial charge in [0, 0.05) is 5.41 Å². The van der Waals surface area contributed by atoms with Crippen molar-refractivity contribution in [2.75, 3.05) is 13.1 Å². The number of fused-ring (bicyclic) bond motifs is 2. The van der Waals surface area contributed by atoms with Gasteiger partial charge in [0.1, 0.15) is 18.5 Å². The van der Waals surface area contributed by atoms with E-state index < -0.39 is 33.7 Å². The van der Waals surface area contributed by atoms with E-state index in [1.54, 1.807) is 20.8 Å². The van der Waals surface area contributed by atoms with Crippen LogP contribution in [0.3, 0.4) is 0 Å². The smallest absolute Gasteiger partial charge is 0.239 e. The van der Waals surface area contributed by atoms with Gasteiger partial charge in [-0.1, -0.05) is 20.8 Å². The van der Waals surface area contributed by atoms with Crippen molar-refractivity contribution in [3.05, 3.63) is 0 Å². The summed E-state index contributed by atoms with van der Waals surface area (Å²) in [6.07, 6.45) is 0.774. The molecule has 0 aromatic heterocycles. The summed E-state index contributed by atoms with van der Waals surface area (Å²) in [5, 5.41) is 17.6. The Labute approximate surface area is 123 Å². The van der Waals surface area contributed by atoms with Crippen LogP contribution >= 0.6 is 0 Å². The second-order valence-electron chi connectivity index (χ2n) is 6.50. The summed E-state index contributed by atoms with van der Waals surface area (Å²) < 4.78 is 0. The maximum Gasteiger partial charge on any atom is 0.239 e. The van der Waals surface area contributed by atoms with Gasteiger partial charge in [0.15, 0.2) is 0 Å². The zero-order valence-electron chi connectivity index (χ0n) is 12.4. The highest BCUT2D eigenvalue weighted by atomic mass is 16.2. The molecule has 1 amide bonds. The van der Waals surface area contributed by atoms with E-state index >= 15 is 0 Å². The molecule has 0 radical (unpaired) electrons. The summed E-state index contributed by atoms with van der Waals surface area (Å²) in [4.78, 5) is 38.7. The van der Waals surface area contributed by atoms with Gasteiger partial charge in [-0.2, -0.15) is 10.5 Å². The largest absolute Gasteiger partial charge is 0.315 e. The first-order valence-electron chi connectivity index (χ1n) is 6.83. The van der Waals surface area contributed by atoms with E-state index in [0.29, 0.717) is 12.8 Å². The molecule has 2 aliphatic rings. The van der Waals surface area contributed by atoms with Gasteiger partial charge in [0.25, 0.3) is 0 Å². The van der Waals surface area contributed by atoms with Crippen molar-refractivity contribution in [2.45, 2.75) is 33.6 Å². The van der Waals surface area contributed by atoms with E-state index in [2.05, 4.69) is 0 Å². The Balaban J connectivity index is 2.54. The molecule has 0 saturated heterocycles. The molecular formula is C15H17N3O3. The summed E-state index contributed by atoms with van der Waals surface area (Å²) in [6, 6.07) is 3.67. The number of amides is 1. The van der Waals surface area contributed by atoms with Crippen LogP contribution in [0.5, 0.6) is 0 Å². The molecule has 6 heteroatoms. The van der Waals surface area contributed by atoms with Gasteiger partial charge >= 0.3 is 0 Å².